The molecular weight excluding hydrogens is 352 g/mol. The smallest absolute Gasteiger partial charge is 0.228 e. The molecule has 0 aliphatic carbocycles. The number of carbonyl (C=O) groups is 1. The van der Waals surface area contributed by atoms with Crippen LogP contribution >= 0.6 is 11.3 Å². The van der Waals surface area contributed by atoms with Crippen molar-refractivity contribution in [3.8, 4) is 5.75 Å². The van der Waals surface area contributed by atoms with E-state index in [2.05, 4.69) is 16.4 Å². The molecule has 0 bridgehead atoms. The van der Waals surface area contributed by atoms with Crippen LogP contribution in [0, 0.1) is 0 Å². The van der Waals surface area contributed by atoms with Crippen molar-refractivity contribution in [3.05, 3.63) is 17.7 Å². The van der Waals surface area contributed by atoms with Crippen molar-refractivity contribution >= 4 is 32.6 Å². The van der Waals surface area contributed by atoms with Crippen molar-refractivity contribution in [1.82, 2.24) is 4.98 Å². The van der Waals surface area contributed by atoms with Gasteiger partial charge in [-0.2, -0.15) is 0 Å². The molecule has 2 aliphatic heterocycles. The van der Waals surface area contributed by atoms with Crippen molar-refractivity contribution in [2.24, 2.45) is 0 Å². The summed E-state index contributed by atoms with van der Waals surface area (Å²) in [5, 5.41) is 3.57. The molecule has 1 aromatic heterocycles. The average molecular weight is 376 g/mol. The summed E-state index contributed by atoms with van der Waals surface area (Å²) in [6.07, 6.45) is 4.44. The number of nitrogens with zero attached hydrogens (tertiary/aromatic N) is 1. The molecule has 1 aromatic carbocycles. The number of aromatic nitrogens is 1. The molecule has 7 heteroatoms. The molecule has 2 fully saturated rings. The number of methoxy groups -OCH3 is 1. The Hall–Kier alpha value is -1.70. The number of rotatable bonds is 5. The van der Waals surface area contributed by atoms with E-state index in [1.165, 1.54) is 16.9 Å². The summed E-state index contributed by atoms with van der Waals surface area (Å²) in [5.74, 6) is 1.17. The van der Waals surface area contributed by atoms with E-state index in [-0.39, 0.29) is 12.0 Å². The molecule has 140 valence electrons. The first-order valence-corrected chi connectivity index (χ1v) is 10.0. The van der Waals surface area contributed by atoms with Crippen molar-refractivity contribution in [3.63, 3.8) is 0 Å². The van der Waals surface area contributed by atoms with Crippen LogP contribution in [0.15, 0.2) is 12.1 Å². The fraction of sp³-hybridized carbons (Fsp3) is 0.579. The lowest BCUT2D eigenvalue weighted by Gasteiger charge is -2.23. The lowest BCUT2D eigenvalue weighted by atomic mass is 9.91. The fourth-order valence-electron chi connectivity index (χ4n) is 3.73. The number of ether oxygens (including phenoxy) is 3. The number of nitrogens with one attached hydrogen (secondary N) is 1. The largest absolute Gasteiger partial charge is 0.494 e. The van der Waals surface area contributed by atoms with Crippen LogP contribution in [0.1, 0.15) is 43.6 Å². The molecule has 1 N–H and O–H groups in total. The van der Waals surface area contributed by atoms with Gasteiger partial charge >= 0.3 is 0 Å². The summed E-state index contributed by atoms with van der Waals surface area (Å²) in [5.41, 5.74) is 2.11. The highest BCUT2D eigenvalue weighted by Crippen LogP contribution is 2.40. The second-order valence-corrected chi connectivity index (χ2v) is 7.83. The van der Waals surface area contributed by atoms with E-state index in [4.69, 9.17) is 14.2 Å². The zero-order valence-electron chi connectivity index (χ0n) is 15.0. The predicted octanol–water partition coefficient (Wildman–Crippen LogP) is 3.71. The van der Waals surface area contributed by atoms with Crippen LogP contribution in [0.2, 0.25) is 0 Å². The normalized spacial score (nSPS) is 21.2. The minimum Gasteiger partial charge on any atom is -0.494 e. The maximum absolute atomic E-state index is 12.3. The zero-order chi connectivity index (χ0) is 17.9. The topological polar surface area (TPSA) is 69.7 Å². The summed E-state index contributed by atoms with van der Waals surface area (Å²) in [7, 11) is 1.65. The third-order valence-corrected chi connectivity index (χ3v) is 6.12. The summed E-state index contributed by atoms with van der Waals surface area (Å²) in [6, 6.07) is 4.11. The van der Waals surface area contributed by atoms with E-state index >= 15 is 0 Å². The van der Waals surface area contributed by atoms with E-state index in [1.807, 2.05) is 6.07 Å². The molecular formula is C19H24N2O4S. The Bertz CT molecular complexity index is 779. The third kappa shape index (κ3) is 3.70. The molecule has 6 nitrogen and oxygen atoms in total. The Morgan fingerprint density at radius 3 is 2.88 bits per heavy atom. The molecule has 0 radical (unpaired) electrons. The van der Waals surface area contributed by atoms with Crippen molar-refractivity contribution in [2.45, 2.75) is 44.1 Å². The molecule has 26 heavy (non-hydrogen) atoms. The van der Waals surface area contributed by atoms with Gasteiger partial charge in [0.15, 0.2) is 5.13 Å². The maximum atomic E-state index is 12.3. The van der Waals surface area contributed by atoms with Crippen LogP contribution in [0.25, 0.3) is 10.2 Å². The number of anilines is 1. The minimum atomic E-state index is -0.0393. The van der Waals surface area contributed by atoms with Gasteiger partial charge in [-0.05, 0) is 43.2 Å². The monoisotopic (exact) mass is 376 g/mol. The fourth-order valence-corrected chi connectivity index (χ4v) is 4.82. The first-order chi connectivity index (χ1) is 12.7. The van der Waals surface area contributed by atoms with E-state index in [9.17, 15) is 4.79 Å². The number of fused-ring (bicyclic) bond motifs is 1. The van der Waals surface area contributed by atoms with E-state index < -0.39 is 0 Å². The first kappa shape index (κ1) is 17.7. The SMILES string of the molecule is COc1ccc(C2CCOCC2)c2sc(NC(=O)CC3CCCO3)nc12. The van der Waals surface area contributed by atoms with E-state index in [0.29, 0.717) is 17.5 Å². The number of carbonyl (C=O) groups excluding carboxylic acids is 1. The van der Waals surface area contributed by atoms with E-state index in [1.54, 1.807) is 7.11 Å². The second-order valence-electron chi connectivity index (χ2n) is 6.83. The Morgan fingerprint density at radius 1 is 1.31 bits per heavy atom. The van der Waals surface area contributed by atoms with Crippen molar-refractivity contribution < 1.29 is 19.0 Å². The van der Waals surface area contributed by atoms with Gasteiger partial charge in [0.05, 0.1) is 24.3 Å². The zero-order valence-corrected chi connectivity index (χ0v) is 15.8. The van der Waals surface area contributed by atoms with Crippen molar-refractivity contribution in [2.75, 3.05) is 32.2 Å². The molecule has 2 aromatic rings. The standard InChI is InChI=1S/C19H24N2O4S/c1-23-15-5-4-14(12-6-9-24-10-7-12)18-17(15)21-19(26-18)20-16(22)11-13-3-2-8-25-13/h4-5,12-13H,2-3,6-11H2,1H3,(H,20,21,22). The average Bonchev–Trinajstić information content (AvgIpc) is 3.31. The van der Waals surface area contributed by atoms with Gasteiger partial charge in [-0.1, -0.05) is 17.4 Å². The van der Waals surface area contributed by atoms with Gasteiger partial charge in [0.25, 0.3) is 0 Å². The Morgan fingerprint density at radius 2 is 2.15 bits per heavy atom. The van der Waals surface area contributed by atoms with Gasteiger partial charge in [-0.3, -0.25) is 4.79 Å². The molecule has 3 heterocycles. The summed E-state index contributed by atoms with van der Waals surface area (Å²) in [6.45, 7) is 2.34. The van der Waals surface area contributed by atoms with Gasteiger partial charge in [0, 0.05) is 19.8 Å². The number of hydrogen-bond acceptors (Lipinski definition) is 6. The molecule has 4 rings (SSSR count). The lowest BCUT2D eigenvalue weighted by Crippen LogP contribution is -2.19. The number of thiazole rings is 1. The summed E-state index contributed by atoms with van der Waals surface area (Å²) in [4.78, 5) is 17.0. The highest BCUT2D eigenvalue weighted by Gasteiger charge is 2.23. The van der Waals surface area contributed by atoms with Crippen LogP contribution in [0.5, 0.6) is 5.75 Å². The maximum Gasteiger partial charge on any atom is 0.228 e. The quantitative estimate of drug-likeness (QED) is 0.861. The number of amides is 1. The Kier molecular flexibility index (Phi) is 5.38. The molecule has 1 amide bonds. The van der Waals surface area contributed by atoms with Crippen molar-refractivity contribution in [1.29, 1.82) is 0 Å². The first-order valence-electron chi connectivity index (χ1n) is 9.21. The number of benzene rings is 1. The van der Waals surface area contributed by atoms with Crippen LogP contribution < -0.4 is 10.1 Å². The third-order valence-electron chi connectivity index (χ3n) is 5.10. The van der Waals surface area contributed by atoms with Gasteiger partial charge in [-0.25, -0.2) is 4.98 Å². The Balaban J connectivity index is 1.58. The highest BCUT2D eigenvalue weighted by atomic mass is 32.1. The van der Waals surface area contributed by atoms with Crippen LogP contribution in [-0.4, -0.2) is 43.9 Å². The van der Waals surface area contributed by atoms with Crippen LogP contribution in [-0.2, 0) is 14.3 Å². The van der Waals surface area contributed by atoms with Gasteiger partial charge in [0.1, 0.15) is 11.3 Å². The van der Waals surface area contributed by atoms with Gasteiger partial charge < -0.3 is 19.5 Å². The molecule has 0 saturated carbocycles. The lowest BCUT2D eigenvalue weighted by molar-refractivity contribution is -0.118. The Labute approximate surface area is 156 Å². The van der Waals surface area contributed by atoms with Crippen LogP contribution in [0.4, 0.5) is 5.13 Å². The molecule has 1 unspecified atom stereocenters. The molecule has 0 spiro atoms. The molecule has 2 aliphatic rings. The van der Waals surface area contributed by atoms with Gasteiger partial charge in [-0.15, -0.1) is 0 Å². The van der Waals surface area contributed by atoms with E-state index in [0.717, 1.165) is 61.5 Å². The molecule has 2 saturated heterocycles. The molecule has 1 atom stereocenters. The number of hydrogen-bond donors (Lipinski definition) is 1. The van der Waals surface area contributed by atoms with Crippen LogP contribution in [0.3, 0.4) is 0 Å². The predicted molar refractivity (Wildman–Crippen MR) is 101 cm³/mol. The highest BCUT2D eigenvalue weighted by molar-refractivity contribution is 7.22. The minimum absolute atomic E-state index is 0.0386. The van der Waals surface area contributed by atoms with Gasteiger partial charge in [0.2, 0.25) is 5.91 Å². The summed E-state index contributed by atoms with van der Waals surface area (Å²) < 4.78 is 17.6. The second kappa shape index (κ2) is 7.90. The summed E-state index contributed by atoms with van der Waals surface area (Å²) >= 11 is 1.53.